The van der Waals surface area contributed by atoms with Gasteiger partial charge in [-0.3, -0.25) is 4.79 Å². The Morgan fingerprint density at radius 2 is 1.69 bits per heavy atom. The molecule has 0 atom stereocenters. The van der Waals surface area contributed by atoms with Crippen LogP contribution in [0.2, 0.25) is 0 Å². The van der Waals surface area contributed by atoms with Crippen molar-refractivity contribution in [3.8, 4) is 0 Å². The van der Waals surface area contributed by atoms with Crippen molar-refractivity contribution in [2.45, 2.75) is 6.92 Å². The lowest BCUT2D eigenvalue weighted by Crippen LogP contribution is -2.49. The van der Waals surface area contributed by atoms with Crippen molar-refractivity contribution < 1.29 is 4.79 Å². The molecule has 6 heteroatoms. The zero-order chi connectivity index (χ0) is 20.2. The highest BCUT2D eigenvalue weighted by atomic mass is 16.2. The van der Waals surface area contributed by atoms with Crippen molar-refractivity contribution in [1.82, 2.24) is 14.9 Å². The number of piperazine rings is 1. The van der Waals surface area contributed by atoms with E-state index in [1.54, 1.807) is 12.4 Å². The van der Waals surface area contributed by atoms with Crippen molar-refractivity contribution in [3.63, 3.8) is 0 Å². The lowest BCUT2D eigenvalue weighted by atomic mass is 10.2. The van der Waals surface area contributed by atoms with Gasteiger partial charge in [-0.05, 0) is 36.8 Å². The number of nitrogens with zero attached hydrogens (tertiary/aromatic N) is 5. The minimum absolute atomic E-state index is 0.0599. The Bertz CT molecular complexity index is 966. The number of benzene rings is 2. The molecule has 1 amide bonds. The summed E-state index contributed by atoms with van der Waals surface area (Å²) in [6.07, 6.45) is 3.23. The quantitative estimate of drug-likeness (QED) is 0.686. The van der Waals surface area contributed by atoms with Crippen LogP contribution in [0.3, 0.4) is 0 Å². The number of rotatable bonds is 4. The van der Waals surface area contributed by atoms with E-state index >= 15 is 0 Å². The highest BCUT2D eigenvalue weighted by Gasteiger charge is 2.23. The molecule has 148 valence electrons. The van der Waals surface area contributed by atoms with E-state index in [-0.39, 0.29) is 5.91 Å². The van der Waals surface area contributed by atoms with Crippen LogP contribution in [0, 0.1) is 6.92 Å². The molecule has 0 aliphatic carbocycles. The molecule has 0 N–H and O–H groups in total. The third-order valence-corrected chi connectivity index (χ3v) is 5.28. The number of amides is 1. The summed E-state index contributed by atoms with van der Waals surface area (Å²) in [6.45, 7) is 5.09. The number of hydrogen-bond acceptors (Lipinski definition) is 5. The van der Waals surface area contributed by atoms with Gasteiger partial charge in [-0.2, -0.15) is 0 Å². The average Bonchev–Trinajstić information content (AvgIpc) is 2.79. The van der Waals surface area contributed by atoms with Crippen LogP contribution in [0.5, 0.6) is 0 Å². The molecule has 1 aliphatic rings. The van der Waals surface area contributed by atoms with E-state index in [4.69, 9.17) is 0 Å². The number of para-hydroxylation sites is 1. The van der Waals surface area contributed by atoms with Crippen molar-refractivity contribution in [2.75, 3.05) is 43.0 Å². The number of hydrogen-bond donors (Lipinski definition) is 0. The van der Waals surface area contributed by atoms with Gasteiger partial charge in [-0.25, -0.2) is 9.97 Å². The fourth-order valence-corrected chi connectivity index (χ4v) is 3.54. The van der Waals surface area contributed by atoms with E-state index in [9.17, 15) is 4.79 Å². The molecule has 29 heavy (non-hydrogen) atoms. The van der Waals surface area contributed by atoms with Crippen LogP contribution in [0.1, 0.15) is 16.1 Å². The van der Waals surface area contributed by atoms with Gasteiger partial charge in [0.2, 0.25) is 0 Å². The Kier molecular flexibility index (Phi) is 5.42. The molecule has 6 nitrogen and oxygen atoms in total. The molecule has 0 radical (unpaired) electrons. The minimum Gasteiger partial charge on any atom is -0.368 e. The van der Waals surface area contributed by atoms with Gasteiger partial charge in [0, 0.05) is 44.6 Å². The summed E-state index contributed by atoms with van der Waals surface area (Å²) in [4.78, 5) is 27.8. The third kappa shape index (κ3) is 4.21. The Hall–Kier alpha value is -3.41. The van der Waals surface area contributed by atoms with E-state index in [1.165, 1.54) is 11.3 Å². The van der Waals surface area contributed by atoms with Crippen molar-refractivity contribution in [3.05, 3.63) is 78.2 Å². The maximum absolute atomic E-state index is 12.8. The number of anilines is 3. The summed E-state index contributed by atoms with van der Waals surface area (Å²) < 4.78 is 0. The van der Waals surface area contributed by atoms with Gasteiger partial charge >= 0.3 is 0 Å². The van der Waals surface area contributed by atoms with Crippen LogP contribution >= 0.6 is 0 Å². The first-order chi connectivity index (χ1) is 14.1. The lowest BCUT2D eigenvalue weighted by molar-refractivity contribution is 0.0740. The first-order valence-electron chi connectivity index (χ1n) is 9.83. The number of carbonyl (C=O) groups excluding carboxylic acids is 1. The van der Waals surface area contributed by atoms with E-state index < -0.39 is 0 Å². The van der Waals surface area contributed by atoms with Gasteiger partial charge in [0.1, 0.15) is 5.69 Å². The van der Waals surface area contributed by atoms with Crippen LogP contribution in [0.4, 0.5) is 17.2 Å². The molecule has 2 aromatic carbocycles. The van der Waals surface area contributed by atoms with Crippen molar-refractivity contribution in [2.24, 2.45) is 0 Å². The third-order valence-electron chi connectivity index (χ3n) is 5.28. The lowest BCUT2D eigenvalue weighted by Gasteiger charge is -2.36. The summed E-state index contributed by atoms with van der Waals surface area (Å²) in [5, 5.41) is 0. The second-order valence-electron chi connectivity index (χ2n) is 7.27. The van der Waals surface area contributed by atoms with Crippen LogP contribution in [0.15, 0.2) is 67.0 Å². The smallest absolute Gasteiger partial charge is 0.274 e. The number of aromatic nitrogens is 2. The fraction of sp³-hybridized carbons (Fsp3) is 0.261. The molecule has 3 aromatic rings. The number of carbonyl (C=O) groups is 1. The van der Waals surface area contributed by atoms with Crippen LogP contribution in [-0.4, -0.2) is 54.0 Å². The van der Waals surface area contributed by atoms with Gasteiger partial charge in [0.15, 0.2) is 5.82 Å². The summed E-state index contributed by atoms with van der Waals surface area (Å²) >= 11 is 0. The van der Waals surface area contributed by atoms with E-state index in [1.807, 2.05) is 47.2 Å². The highest BCUT2D eigenvalue weighted by molar-refractivity contribution is 5.92. The Morgan fingerprint density at radius 1 is 0.931 bits per heavy atom. The maximum Gasteiger partial charge on any atom is 0.274 e. The van der Waals surface area contributed by atoms with Crippen LogP contribution < -0.4 is 9.80 Å². The molecule has 1 saturated heterocycles. The number of aryl methyl sites for hydroxylation is 1. The first kappa shape index (κ1) is 18.9. The predicted molar refractivity (Wildman–Crippen MR) is 116 cm³/mol. The second-order valence-corrected chi connectivity index (χ2v) is 7.27. The van der Waals surface area contributed by atoms with Gasteiger partial charge in [0.25, 0.3) is 5.91 Å². The Balaban J connectivity index is 1.39. The van der Waals surface area contributed by atoms with E-state index in [0.717, 1.165) is 18.8 Å². The van der Waals surface area contributed by atoms with Gasteiger partial charge in [0.05, 0.1) is 12.4 Å². The van der Waals surface area contributed by atoms with E-state index in [2.05, 4.69) is 46.1 Å². The molecule has 0 unspecified atom stereocenters. The Morgan fingerprint density at radius 3 is 2.34 bits per heavy atom. The van der Waals surface area contributed by atoms with Crippen molar-refractivity contribution >= 4 is 23.1 Å². The molecule has 0 saturated carbocycles. The molecule has 4 rings (SSSR count). The normalized spacial score (nSPS) is 14.0. The van der Waals surface area contributed by atoms with Gasteiger partial charge in [-0.1, -0.05) is 30.3 Å². The summed E-state index contributed by atoms with van der Waals surface area (Å²) in [5.74, 6) is 0.646. The zero-order valence-electron chi connectivity index (χ0n) is 16.8. The Labute approximate surface area is 171 Å². The molecule has 1 aromatic heterocycles. The summed E-state index contributed by atoms with van der Waals surface area (Å²) in [7, 11) is 1.94. The molecular formula is C23H25N5O. The largest absolute Gasteiger partial charge is 0.368 e. The summed E-state index contributed by atoms with van der Waals surface area (Å²) in [6, 6.07) is 18.4. The molecule has 0 bridgehead atoms. The van der Waals surface area contributed by atoms with Crippen molar-refractivity contribution in [1.29, 1.82) is 0 Å². The zero-order valence-corrected chi connectivity index (χ0v) is 16.8. The highest BCUT2D eigenvalue weighted by Crippen LogP contribution is 2.21. The van der Waals surface area contributed by atoms with Gasteiger partial charge < -0.3 is 14.7 Å². The molecular weight excluding hydrogens is 362 g/mol. The molecule has 1 fully saturated rings. The fourth-order valence-electron chi connectivity index (χ4n) is 3.54. The van der Waals surface area contributed by atoms with Crippen LogP contribution in [-0.2, 0) is 0 Å². The van der Waals surface area contributed by atoms with Gasteiger partial charge in [-0.15, -0.1) is 0 Å². The molecule has 0 spiro atoms. The summed E-state index contributed by atoms with van der Waals surface area (Å²) in [5.41, 5.74) is 3.87. The van der Waals surface area contributed by atoms with Crippen LogP contribution in [0.25, 0.3) is 0 Å². The second kappa shape index (κ2) is 8.31. The SMILES string of the molecule is Cc1cccc(N2CCN(C(=O)c3cnc(N(C)c4ccccc4)cn3)CC2)c1. The first-order valence-corrected chi connectivity index (χ1v) is 9.83. The topological polar surface area (TPSA) is 52.6 Å². The molecule has 1 aliphatic heterocycles. The standard InChI is InChI=1S/C23H25N5O/c1-18-7-6-10-20(15-18)27-11-13-28(14-12-27)23(29)21-16-25-22(17-24-21)26(2)19-8-4-3-5-9-19/h3-10,15-17H,11-14H2,1-2H3. The molecule has 2 heterocycles. The maximum atomic E-state index is 12.8. The van der Waals surface area contributed by atoms with E-state index in [0.29, 0.717) is 24.6 Å². The predicted octanol–water partition coefficient (Wildman–Crippen LogP) is 3.52. The monoisotopic (exact) mass is 387 g/mol. The average molecular weight is 387 g/mol. The minimum atomic E-state index is -0.0599.